The third-order valence-corrected chi connectivity index (χ3v) is 4.53. The molecule has 19 heavy (non-hydrogen) atoms. The third-order valence-electron chi connectivity index (χ3n) is 4.53. The summed E-state index contributed by atoms with van der Waals surface area (Å²) in [5.41, 5.74) is 1.35. The van der Waals surface area contributed by atoms with Crippen LogP contribution in [-0.2, 0) is 15.7 Å². The lowest BCUT2D eigenvalue weighted by Gasteiger charge is -2.32. The first-order valence-corrected chi connectivity index (χ1v) is 7.15. The zero-order valence-electron chi connectivity index (χ0n) is 12.4. The molecule has 2 fully saturated rings. The maximum Gasteiger partial charge on any atom is 0.518 e. The standard InChI is InChI=1S/C13H22BN3O2/c1-6-10-11(15-16-17(10)9-7-8-9)14-18-12(2,3)13(4,5)19-14/h9H,6-8H2,1-5H3. The second-order valence-electron chi connectivity index (χ2n) is 6.54. The molecule has 0 amide bonds. The summed E-state index contributed by atoms with van der Waals surface area (Å²) in [6.45, 7) is 10.4. The van der Waals surface area contributed by atoms with Gasteiger partial charge in [-0.25, -0.2) is 4.68 Å². The van der Waals surface area contributed by atoms with Crippen LogP contribution in [0.25, 0.3) is 0 Å². The molecule has 1 saturated heterocycles. The molecule has 0 unspecified atom stereocenters. The van der Waals surface area contributed by atoms with Gasteiger partial charge in [0.2, 0.25) is 0 Å². The Morgan fingerprint density at radius 1 is 1.21 bits per heavy atom. The molecule has 0 N–H and O–H groups in total. The van der Waals surface area contributed by atoms with E-state index in [-0.39, 0.29) is 11.2 Å². The molecule has 0 spiro atoms. The Balaban J connectivity index is 1.91. The molecular formula is C13H22BN3O2. The molecule has 2 aliphatic rings. The summed E-state index contributed by atoms with van der Waals surface area (Å²) in [4.78, 5) is 0. The topological polar surface area (TPSA) is 49.2 Å². The molecule has 104 valence electrons. The minimum Gasteiger partial charge on any atom is -0.398 e. The van der Waals surface area contributed by atoms with Crippen molar-refractivity contribution in [3.8, 4) is 0 Å². The van der Waals surface area contributed by atoms with Crippen LogP contribution in [-0.4, -0.2) is 33.3 Å². The largest absolute Gasteiger partial charge is 0.518 e. The van der Waals surface area contributed by atoms with Crippen molar-refractivity contribution >= 4 is 12.7 Å². The predicted molar refractivity (Wildman–Crippen MR) is 73.4 cm³/mol. The van der Waals surface area contributed by atoms with Gasteiger partial charge in [-0.2, -0.15) is 0 Å². The Hall–Kier alpha value is -0.875. The predicted octanol–water partition coefficient (Wildman–Crippen LogP) is 1.47. The van der Waals surface area contributed by atoms with Crippen molar-refractivity contribution in [2.45, 2.75) is 71.1 Å². The molecule has 0 atom stereocenters. The average Bonchev–Trinajstić information content (AvgIpc) is 3.01. The molecule has 1 aromatic heterocycles. The number of nitrogens with zero attached hydrogens (tertiary/aromatic N) is 3. The fourth-order valence-electron chi connectivity index (χ4n) is 2.42. The van der Waals surface area contributed by atoms with Crippen molar-refractivity contribution < 1.29 is 9.31 Å². The van der Waals surface area contributed by atoms with Gasteiger partial charge in [-0.05, 0) is 47.0 Å². The van der Waals surface area contributed by atoms with Crippen molar-refractivity contribution in [1.29, 1.82) is 0 Å². The van der Waals surface area contributed by atoms with Crippen LogP contribution in [0.5, 0.6) is 0 Å². The lowest BCUT2D eigenvalue weighted by molar-refractivity contribution is 0.00578. The van der Waals surface area contributed by atoms with Crippen LogP contribution < -0.4 is 5.59 Å². The van der Waals surface area contributed by atoms with Gasteiger partial charge in [0.25, 0.3) is 0 Å². The summed E-state index contributed by atoms with van der Waals surface area (Å²) in [6, 6.07) is 0.540. The summed E-state index contributed by atoms with van der Waals surface area (Å²) in [5.74, 6) is 0. The van der Waals surface area contributed by atoms with E-state index in [0.717, 1.165) is 17.7 Å². The molecule has 5 nitrogen and oxygen atoms in total. The Labute approximate surface area is 114 Å². The molecule has 1 aromatic rings. The summed E-state index contributed by atoms with van der Waals surface area (Å²) in [5, 5.41) is 8.62. The van der Waals surface area contributed by atoms with Gasteiger partial charge in [0.1, 0.15) is 5.59 Å². The first-order chi connectivity index (χ1) is 8.86. The van der Waals surface area contributed by atoms with Crippen molar-refractivity contribution in [2.24, 2.45) is 0 Å². The van der Waals surface area contributed by atoms with Crippen LogP contribution in [0, 0.1) is 0 Å². The van der Waals surface area contributed by atoms with Gasteiger partial charge in [0.05, 0.1) is 22.9 Å². The van der Waals surface area contributed by atoms with Gasteiger partial charge < -0.3 is 9.31 Å². The fourth-order valence-corrected chi connectivity index (χ4v) is 2.42. The Bertz CT molecular complexity index is 478. The Morgan fingerprint density at radius 3 is 2.26 bits per heavy atom. The van der Waals surface area contributed by atoms with Crippen LogP contribution in [0.2, 0.25) is 0 Å². The molecule has 1 aliphatic carbocycles. The zero-order chi connectivity index (χ0) is 13.8. The normalized spacial score (nSPS) is 25.0. The smallest absolute Gasteiger partial charge is 0.398 e. The van der Waals surface area contributed by atoms with E-state index in [1.54, 1.807) is 0 Å². The van der Waals surface area contributed by atoms with Crippen LogP contribution in [0.1, 0.15) is 59.2 Å². The van der Waals surface area contributed by atoms with Crippen molar-refractivity contribution in [1.82, 2.24) is 15.0 Å². The molecule has 0 aromatic carbocycles. The summed E-state index contributed by atoms with van der Waals surface area (Å²) < 4.78 is 14.2. The maximum absolute atomic E-state index is 6.07. The Kier molecular flexibility index (Phi) is 2.80. The van der Waals surface area contributed by atoms with E-state index in [4.69, 9.17) is 9.31 Å². The van der Waals surface area contributed by atoms with Crippen molar-refractivity contribution in [3.05, 3.63) is 5.69 Å². The molecular weight excluding hydrogens is 241 g/mol. The highest BCUT2D eigenvalue weighted by Crippen LogP contribution is 2.38. The van der Waals surface area contributed by atoms with Gasteiger partial charge in [-0.1, -0.05) is 12.1 Å². The van der Waals surface area contributed by atoms with Crippen LogP contribution in [0.15, 0.2) is 0 Å². The molecule has 1 aliphatic heterocycles. The number of hydrogen-bond acceptors (Lipinski definition) is 4. The first-order valence-electron chi connectivity index (χ1n) is 7.15. The van der Waals surface area contributed by atoms with E-state index in [1.165, 1.54) is 12.8 Å². The number of hydrogen-bond donors (Lipinski definition) is 0. The summed E-state index contributed by atoms with van der Waals surface area (Å²) in [7, 11) is -0.396. The van der Waals surface area contributed by atoms with Gasteiger partial charge >= 0.3 is 7.12 Å². The molecule has 6 heteroatoms. The van der Waals surface area contributed by atoms with Gasteiger partial charge in [-0.15, -0.1) is 5.10 Å². The monoisotopic (exact) mass is 263 g/mol. The quantitative estimate of drug-likeness (QED) is 0.775. The minimum atomic E-state index is -0.396. The highest BCUT2D eigenvalue weighted by Gasteiger charge is 2.53. The molecule has 0 bridgehead atoms. The highest BCUT2D eigenvalue weighted by atomic mass is 16.7. The molecule has 2 heterocycles. The van der Waals surface area contributed by atoms with Gasteiger partial charge in [0, 0.05) is 0 Å². The maximum atomic E-state index is 6.07. The van der Waals surface area contributed by atoms with E-state index in [0.29, 0.717) is 6.04 Å². The van der Waals surface area contributed by atoms with E-state index < -0.39 is 7.12 Å². The molecule has 3 rings (SSSR count). The van der Waals surface area contributed by atoms with Crippen molar-refractivity contribution in [2.75, 3.05) is 0 Å². The van der Waals surface area contributed by atoms with E-state index in [2.05, 4.69) is 49.6 Å². The SMILES string of the molecule is CCc1c(B2OC(C)(C)C(C)(C)O2)nnn1C1CC1. The number of rotatable bonds is 3. The van der Waals surface area contributed by atoms with Crippen LogP contribution >= 0.6 is 0 Å². The second kappa shape index (κ2) is 4.06. The molecule has 0 radical (unpaired) electrons. The molecule has 1 saturated carbocycles. The Morgan fingerprint density at radius 2 is 1.79 bits per heavy atom. The summed E-state index contributed by atoms with van der Waals surface area (Å²) in [6.07, 6.45) is 3.32. The van der Waals surface area contributed by atoms with E-state index in [1.807, 2.05) is 0 Å². The average molecular weight is 263 g/mol. The number of aromatic nitrogens is 3. The highest BCUT2D eigenvalue weighted by molar-refractivity contribution is 6.61. The van der Waals surface area contributed by atoms with Gasteiger partial charge in [-0.3, -0.25) is 0 Å². The lowest BCUT2D eigenvalue weighted by Crippen LogP contribution is -2.41. The van der Waals surface area contributed by atoms with Crippen LogP contribution in [0.3, 0.4) is 0 Å². The second-order valence-corrected chi connectivity index (χ2v) is 6.54. The third kappa shape index (κ3) is 2.01. The van der Waals surface area contributed by atoms with E-state index >= 15 is 0 Å². The van der Waals surface area contributed by atoms with Crippen molar-refractivity contribution in [3.63, 3.8) is 0 Å². The van der Waals surface area contributed by atoms with Gasteiger partial charge in [0.15, 0.2) is 0 Å². The summed E-state index contributed by atoms with van der Waals surface area (Å²) >= 11 is 0. The zero-order valence-corrected chi connectivity index (χ0v) is 12.4. The van der Waals surface area contributed by atoms with E-state index in [9.17, 15) is 0 Å². The minimum absolute atomic E-state index is 0.327. The first kappa shape index (κ1) is 13.1. The fraction of sp³-hybridized carbons (Fsp3) is 0.846. The van der Waals surface area contributed by atoms with Crippen LogP contribution in [0.4, 0.5) is 0 Å². The lowest BCUT2D eigenvalue weighted by atomic mass is 9.82.